The Morgan fingerprint density at radius 2 is 0.602 bits per heavy atom. The summed E-state index contributed by atoms with van der Waals surface area (Å²) >= 11 is 8.65. The van der Waals surface area contributed by atoms with Gasteiger partial charge in [0.1, 0.15) is 11.5 Å². The van der Waals surface area contributed by atoms with Gasteiger partial charge < -0.3 is 32.8 Å². The fraction of sp³-hybridized carbons (Fsp3) is 0.150. The molecular weight excluding hydrogens is 1650 g/mol. The number of rotatable bonds is 21. The average molecular weight is 1720 g/mol. The van der Waals surface area contributed by atoms with Crippen LogP contribution in [0, 0.1) is 0 Å². The summed E-state index contributed by atoms with van der Waals surface area (Å²) in [5.74, 6) is 3.09. The van der Waals surface area contributed by atoms with Crippen LogP contribution >= 0.6 is 78.9 Å². The van der Waals surface area contributed by atoms with Crippen molar-refractivity contribution in [1.29, 1.82) is 0 Å². The largest absolute Gasteiger partial charge is 1.00 e. The van der Waals surface area contributed by atoms with Crippen molar-refractivity contribution < 1.29 is 56.4 Å². The quantitative estimate of drug-likeness (QED) is 0.0502. The predicted octanol–water partition coefficient (Wildman–Crippen LogP) is 17.2. The second-order valence-electron chi connectivity index (χ2n) is 23.6. The number of benzene rings is 8. The molecule has 4 aliphatic rings. The van der Waals surface area contributed by atoms with E-state index in [1.807, 2.05) is 180 Å². The number of anilines is 9. The van der Waals surface area contributed by atoms with Gasteiger partial charge >= 0.3 is 194 Å². The predicted molar refractivity (Wildman–Crippen MR) is 409 cm³/mol. The Bertz CT molecular complexity index is 4610. The number of furan rings is 3. The van der Waals surface area contributed by atoms with Crippen LogP contribution in [-0.2, 0) is 19.2 Å². The fourth-order valence-electron chi connectivity index (χ4n) is 12.5. The van der Waals surface area contributed by atoms with Gasteiger partial charge in [0.15, 0.2) is 0 Å². The number of carbonyl (C=O) groups is 4. The Labute approximate surface area is 625 Å². The van der Waals surface area contributed by atoms with Crippen LogP contribution in [0.4, 0.5) is 51.8 Å². The molecule has 0 aliphatic carbocycles. The standard InChI is InChI=1S/C42H26N2O4S2.C16H12NO.C10H2Br2O2S2.3C4H9.HI.Sn/c45-41-39(33-21-23-37(47-33)43(27-13-5-1-6-14-27)28-15-7-2-8-16-28)31-25-36-32(26-35(31)49-41)40(42(46)50-36)34-22-24-38(48-34)44(29-17-9-3-10-18-29)30-19-11-4-12-20-30;1-3-8-14(9-4-1)17(16-12-7-13-18-16)15-10-5-2-6-11-15;11-7-3-1-5-4(8(12)10(14)15-5)2-6(3)16-9(7)13;3*1-3-4-2;;/h1-26H;1-12H;1-2H;3*1,3-4H2,2H3;1H;/p-1. The van der Waals surface area contributed by atoms with Crippen LogP contribution in [0.2, 0.25) is 13.3 Å². The summed E-state index contributed by atoms with van der Waals surface area (Å²) in [5, 5.41) is 3.12. The molecule has 98 heavy (non-hydrogen) atoms. The molecule has 7 heterocycles. The first-order valence-electron chi connectivity index (χ1n) is 32.5. The van der Waals surface area contributed by atoms with Gasteiger partial charge in [0, 0.05) is 75.3 Å². The molecule has 0 fully saturated rings. The number of fused-ring (bicyclic) bond motifs is 4. The first-order chi connectivity index (χ1) is 47.4. The molecule has 10 nitrogen and oxygen atoms in total. The first-order valence-corrected chi connectivity index (χ1v) is 44.8. The molecule has 11 aromatic rings. The van der Waals surface area contributed by atoms with E-state index in [4.69, 9.17) is 13.3 Å². The van der Waals surface area contributed by atoms with Gasteiger partial charge in [0.2, 0.25) is 32.2 Å². The first kappa shape index (κ1) is 70.9. The molecule has 0 bridgehead atoms. The Morgan fingerprint density at radius 1 is 0.337 bits per heavy atom. The molecule has 15 rings (SSSR count). The van der Waals surface area contributed by atoms with E-state index in [2.05, 4.69) is 130 Å². The Hall–Kier alpha value is -6.95. The summed E-state index contributed by atoms with van der Waals surface area (Å²) in [7, 11) is 0. The van der Waals surface area contributed by atoms with Crippen molar-refractivity contribution in [1.82, 2.24) is 0 Å². The third-order valence-corrected chi connectivity index (χ3v) is 38.2. The van der Waals surface area contributed by atoms with Crippen LogP contribution < -0.4 is 63.3 Å². The summed E-state index contributed by atoms with van der Waals surface area (Å²) in [6.07, 6.45) is 7.89. The number of unbranched alkanes of at least 4 members (excludes halogenated alkanes) is 3. The Kier molecular flexibility index (Phi) is 23.6. The van der Waals surface area contributed by atoms with Crippen molar-refractivity contribution in [2.45, 2.75) is 92.2 Å². The molecule has 0 unspecified atom stereocenters. The van der Waals surface area contributed by atoms with Crippen molar-refractivity contribution in [2.75, 3.05) is 14.7 Å². The molecule has 0 spiro atoms. The van der Waals surface area contributed by atoms with E-state index in [9.17, 15) is 19.2 Å². The Morgan fingerprint density at radius 3 is 0.908 bits per heavy atom. The number of halogens is 3. The summed E-state index contributed by atoms with van der Waals surface area (Å²) in [6, 6.07) is 80.8. The molecule has 18 heteroatoms. The number of thioether (sulfide) groups is 4. The van der Waals surface area contributed by atoms with Crippen LogP contribution in [0.1, 0.15) is 70.8 Å². The van der Waals surface area contributed by atoms with Gasteiger partial charge in [-0.05, 0) is 164 Å². The van der Waals surface area contributed by atoms with Gasteiger partial charge in [0.05, 0.1) is 20.1 Å². The van der Waals surface area contributed by atoms with Gasteiger partial charge in [0.25, 0.3) is 0 Å². The molecule has 0 atom stereocenters. The Balaban J connectivity index is 0.000000161. The molecule has 4 aliphatic heterocycles. The third kappa shape index (κ3) is 15.2. The molecule has 494 valence electrons. The number of hydrogen-bond donors (Lipinski definition) is 0. The van der Waals surface area contributed by atoms with Gasteiger partial charge in [-0.25, -0.2) is 0 Å². The van der Waals surface area contributed by atoms with Gasteiger partial charge in [-0.3, -0.25) is 29.0 Å². The van der Waals surface area contributed by atoms with Crippen molar-refractivity contribution in [3.8, 4) is 0 Å². The minimum absolute atomic E-state index is 0. The fourth-order valence-corrected chi connectivity index (χ4v) is 32.8. The van der Waals surface area contributed by atoms with Crippen LogP contribution in [0.25, 0.3) is 20.1 Å². The summed E-state index contributed by atoms with van der Waals surface area (Å²) in [4.78, 5) is 59.8. The SMILES string of the molecule is CCC[CH2][Sn]([CH2]CCC)([CH2]CCC)[c]1ccc(N(c2ccccc2)c2ccccc2)o1.O=C1Sc2cc3c(cc2=C1Br)SC(=O)C=3Br.O=C1Sc2cc3c(cc2=C1c1ccc(N(c2ccccc2)c2ccccc2)o1)SC(=O)C=3c1ccc(N(c2ccccc2)c2ccccc2)o1.[I-]. The molecule has 0 radical (unpaired) electrons. The van der Waals surface area contributed by atoms with E-state index in [0.29, 0.717) is 43.4 Å². The topological polar surface area (TPSA) is 117 Å². The van der Waals surface area contributed by atoms with Crippen molar-refractivity contribution in [3.05, 3.63) is 275 Å². The van der Waals surface area contributed by atoms with Crippen molar-refractivity contribution >= 4 is 193 Å². The summed E-state index contributed by atoms with van der Waals surface area (Å²) in [6.45, 7) is 6.99. The van der Waals surface area contributed by atoms with E-state index in [-0.39, 0.29) is 44.4 Å². The monoisotopic (exact) mass is 1710 g/mol. The van der Waals surface area contributed by atoms with E-state index in [0.717, 1.165) is 104 Å². The second-order valence-corrected chi connectivity index (χ2v) is 42.3. The van der Waals surface area contributed by atoms with Crippen molar-refractivity contribution in [3.63, 3.8) is 0 Å². The van der Waals surface area contributed by atoms with Gasteiger partial charge in [-0.15, -0.1) is 0 Å². The zero-order valence-electron chi connectivity index (χ0n) is 53.9. The minimum atomic E-state index is -2.58. The number of carbonyl (C=O) groups excluding carboxylic acids is 4. The smallest absolute Gasteiger partial charge is 0.231 e. The van der Waals surface area contributed by atoms with Gasteiger partial charge in [-0.2, -0.15) is 0 Å². The summed E-state index contributed by atoms with van der Waals surface area (Å²) in [5.41, 5.74) is 7.01. The third-order valence-electron chi connectivity index (χ3n) is 17.3. The number of hydrogen-bond acceptors (Lipinski definition) is 14. The summed E-state index contributed by atoms with van der Waals surface area (Å²) < 4.78 is 26.6. The van der Waals surface area contributed by atoms with Crippen molar-refractivity contribution in [2.24, 2.45) is 0 Å². The van der Waals surface area contributed by atoms with E-state index in [1.165, 1.54) is 79.1 Å². The maximum absolute atomic E-state index is 13.6. The van der Waals surface area contributed by atoms with Crippen LogP contribution in [0.3, 0.4) is 0 Å². The van der Waals surface area contributed by atoms with E-state index >= 15 is 0 Å². The normalized spacial score (nSPS) is 13.5. The molecular formula is C80H67Br2IN3O7S4Sn-. The van der Waals surface area contributed by atoms with Crippen LogP contribution in [0.15, 0.2) is 275 Å². The van der Waals surface area contributed by atoms with E-state index in [1.54, 1.807) is 0 Å². The number of nitrogens with zero attached hydrogens (tertiary/aromatic N) is 3. The van der Waals surface area contributed by atoms with Crippen LogP contribution in [0.5, 0.6) is 0 Å². The molecule has 3 aromatic heterocycles. The molecule has 0 N–H and O–H groups in total. The zero-order chi connectivity index (χ0) is 67.0. The average Bonchev–Trinajstić information content (AvgIpc) is 1.61. The van der Waals surface area contributed by atoms with Gasteiger partial charge in [-0.1, -0.05) is 72.8 Å². The minimum Gasteiger partial charge on any atom is -1.00 e. The zero-order valence-corrected chi connectivity index (χ0v) is 65.4. The molecule has 0 saturated carbocycles. The second kappa shape index (κ2) is 32.6. The van der Waals surface area contributed by atoms with Crippen LogP contribution in [-0.4, -0.2) is 38.8 Å². The molecule has 0 amide bonds. The maximum Gasteiger partial charge on any atom is 0.231 e. The molecule has 8 aromatic carbocycles. The van der Waals surface area contributed by atoms with E-state index < -0.39 is 18.4 Å². The maximum atomic E-state index is 13.6. The number of para-hydroxylation sites is 6. The molecule has 0 saturated heterocycles.